The second-order valence-electron chi connectivity index (χ2n) is 22.4. The largest absolute Gasteiger partial charge is 0.474 e. The molecule has 2 fully saturated rings. The van der Waals surface area contributed by atoms with Gasteiger partial charge in [0.05, 0.1) is 37.3 Å². The summed E-state index contributed by atoms with van der Waals surface area (Å²) in [5.74, 6) is 5.02. The van der Waals surface area contributed by atoms with E-state index in [1.807, 2.05) is 145 Å². The molecule has 0 aromatic heterocycles. The molecule has 11 nitrogen and oxygen atoms in total. The highest BCUT2D eigenvalue weighted by Gasteiger charge is 2.28. The molecule has 1 aliphatic heterocycles. The number of hydrogen-bond acceptors (Lipinski definition) is 11. The molecule has 12 heteroatoms. The first-order valence-corrected chi connectivity index (χ1v) is 36.4. The summed E-state index contributed by atoms with van der Waals surface area (Å²) in [7, 11) is 12.2. The van der Waals surface area contributed by atoms with Crippen molar-refractivity contribution in [3.8, 4) is 0 Å². The number of nitrogens with one attached hydrogen (secondary N) is 2. The highest BCUT2D eigenvalue weighted by Crippen LogP contribution is 2.33. The fourth-order valence-corrected chi connectivity index (χ4v) is 8.65. The normalized spacial score (nSPS) is 16.2. The number of halogens is 1. The number of anilines is 2. The number of nitrogens with zero attached hydrogens (tertiary/aromatic N) is 3. The lowest BCUT2D eigenvalue weighted by atomic mass is 9.81. The monoisotopic (exact) mass is 1300 g/mol. The number of carbonyl (C=O) groups is 1. The van der Waals surface area contributed by atoms with Crippen LogP contribution in [0, 0.1) is 41.3 Å². The van der Waals surface area contributed by atoms with Crippen LogP contribution in [-0.2, 0) is 19.0 Å². The number of Topliss-reactive ketones (excluding diaryl/α,β-unsaturated/α-hetero) is 1. The topological polar surface area (TPSA) is 119 Å². The average Bonchev–Trinajstić information content (AvgIpc) is 3.20. The predicted molar refractivity (Wildman–Crippen MR) is 416 cm³/mol. The maximum absolute atomic E-state index is 14.4. The molecular weight excluding hydrogens is 1130 g/mol. The van der Waals surface area contributed by atoms with Crippen molar-refractivity contribution in [2.45, 2.75) is 315 Å². The van der Waals surface area contributed by atoms with Gasteiger partial charge in [-0.1, -0.05) is 204 Å². The minimum absolute atomic E-state index is 0.111. The van der Waals surface area contributed by atoms with Crippen molar-refractivity contribution in [3.05, 3.63) is 73.9 Å². The molecular formula is C79H170FN5O6. The summed E-state index contributed by atoms with van der Waals surface area (Å²) >= 11 is 0. The van der Waals surface area contributed by atoms with Gasteiger partial charge >= 0.3 is 0 Å². The van der Waals surface area contributed by atoms with Crippen LogP contribution in [0.25, 0.3) is 0 Å². The Morgan fingerprint density at radius 1 is 0.780 bits per heavy atom. The predicted octanol–water partition coefficient (Wildman–Crippen LogP) is 22.3. The number of aliphatic hydroxyl groups excluding tert-OH is 2. The van der Waals surface area contributed by atoms with Crippen molar-refractivity contribution in [1.82, 2.24) is 15.5 Å². The lowest BCUT2D eigenvalue weighted by molar-refractivity contribution is -0.117. The van der Waals surface area contributed by atoms with Crippen LogP contribution in [0.4, 0.5) is 15.8 Å². The Hall–Kier alpha value is -3.10. The molecule has 6 unspecified atom stereocenters. The van der Waals surface area contributed by atoms with Crippen LogP contribution < -0.4 is 20.4 Å². The maximum Gasteiger partial charge on any atom is 0.186 e. The van der Waals surface area contributed by atoms with Crippen molar-refractivity contribution in [1.29, 1.82) is 0 Å². The van der Waals surface area contributed by atoms with E-state index in [1.165, 1.54) is 56.6 Å². The number of methoxy groups -OCH3 is 1. The van der Waals surface area contributed by atoms with E-state index in [1.54, 1.807) is 20.1 Å². The van der Waals surface area contributed by atoms with Crippen LogP contribution in [0.2, 0.25) is 0 Å². The smallest absolute Gasteiger partial charge is 0.186 e. The average molecular weight is 1310 g/mol. The van der Waals surface area contributed by atoms with E-state index in [-0.39, 0.29) is 24.4 Å². The minimum atomic E-state index is -0.277. The zero-order chi connectivity index (χ0) is 74.6. The Morgan fingerprint density at radius 3 is 1.54 bits per heavy atom. The molecule has 0 spiro atoms. The van der Waals surface area contributed by atoms with Gasteiger partial charge < -0.3 is 49.7 Å². The van der Waals surface area contributed by atoms with Gasteiger partial charge in [-0.05, 0) is 180 Å². The Bertz CT molecular complexity index is 1540. The van der Waals surface area contributed by atoms with Gasteiger partial charge in [-0.15, -0.1) is 19.7 Å². The fraction of sp³-hybridized carbons (Fsp3) is 0.810. The number of allylic oxidation sites excluding steroid dienone is 3. The summed E-state index contributed by atoms with van der Waals surface area (Å²) in [6, 6.07) is 5.70. The van der Waals surface area contributed by atoms with Crippen LogP contribution in [0.1, 0.15) is 284 Å². The van der Waals surface area contributed by atoms with Gasteiger partial charge in [0.1, 0.15) is 17.7 Å². The number of hydrogen-bond donors (Lipinski definition) is 4. The standard InChI is InChI=1S/C18H25FN2O2.C14H28O.C9H18.C7H18N2O.C7H16O.C7H14.C2H7N.6C2H6.C2H4.CH4O/c1-5-16-12-21(14(3)23-16)15-8-9-18(17(19)11-15)20(4)10-6-7-13(2)22;1-6-14(10(2)3)15-13-8-11(4)7-12(5)9-13;1-5-8(3)7-9(4)6-2;1-7(8-2)4-5-9(3)6-10;1-5-7(8-4)6(2)3;1-4-6-7(3)5-2;1-3-2;8*1-2/h8-9,11,16H,3,5-7,10,12H2,1-2,4H3;10-14H,6-9H2,1-5H3;5,8-9H,1,6-7H2,2-4H3;7-8,10H,4-6H2,1-3H3;6-7H,5H2,1-4H3;5H,4,6H2,1-3H3;3H,1-2H3;6*1-2H3;1-2H2;2H,1H3/b;;;;;7-5+;;;;;;;;;/t;11?,12?,13?,14-;;;7-;;;;;;;;;;/m.0..1........../s1. The molecule has 4 N–H and O–H groups in total. The second kappa shape index (κ2) is 91.1. The third kappa shape index (κ3) is 77.5. The molecule has 3 rings (SSSR count). The molecule has 0 radical (unpaired) electrons. The SMILES string of the molecule is C/C=C(\C)CCC.C=C.C=C1OC(CC)CN1c1ccc(N(C)CCCC(C)=O)c(F)c1.C=CC(C)CC(C)CC.CC.CC.CC.CC.CC.CC.CC[C@@H](OC)C(C)C.CC[C@H](OC1CC(C)CC(C)C1)C(C)C.CNC.CNC(C)CCN(C)CO.CO. The number of carbonyl (C=O) groups excluding carboxylic acids is 1. The molecule has 2 aliphatic rings. The summed E-state index contributed by atoms with van der Waals surface area (Å²) in [5.41, 5.74) is 2.79. The Morgan fingerprint density at radius 2 is 1.24 bits per heavy atom. The third-order valence-corrected chi connectivity index (χ3v) is 13.9. The summed E-state index contributed by atoms with van der Waals surface area (Å²) < 4.78 is 31.5. The van der Waals surface area contributed by atoms with Crippen molar-refractivity contribution < 1.29 is 33.6 Å². The van der Waals surface area contributed by atoms with Crippen LogP contribution in [0.3, 0.4) is 0 Å². The van der Waals surface area contributed by atoms with Gasteiger partial charge in [0.2, 0.25) is 0 Å². The van der Waals surface area contributed by atoms with E-state index >= 15 is 0 Å². The lowest BCUT2D eigenvalue weighted by Crippen LogP contribution is -2.32. The van der Waals surface area contributed by atoms with Gasteiger partial charge in [-0.25, -0.2) is 4.39 Å². The fourth-order valence-electron chi connectivity index (χ4n) is 8.65. The van der Waals surface area contributed by atoms with E-state index < -0.39 is 0 Å². The van der Waals surface area contributed by atoms with Crippen molar-refractivity contribution in [3.63, 3.8) is 0 Å². The number of ether oxygens (including phenoxy) is 3. The summed E-state index contributed by atoms with van der Waals surface area (Å²) in [5, 5.41) is 21.5. The summed E-state index contributed by atoms with van der Waals surface area (Å²) in [6.07, 6.45) is 20.3. The molecule has 8 atom stereocenters. The third-order valence-electron chi connectivity index (χ3n) is 13.9. The molecule has 1 saturated heterocycles. The highest BCUT2D eigenvalue weighted by molar-refractivity contribution is 5.75. The molecule has 1 saturated carbocycles. The van der Waals surface area contributed by atoms with Crippen LogP contribution in [-0.4, -0.2) is 127 Å². The van der Waals surface area contributed by atoms with Gasteiger partial charge in [-0.3, -0.25) is 4.90 Å². The molecule has 1 aliphatic carbocycles. The van der Waals surface area contributed by atoms with E-state index in [4.69, 9.17) is 24.4 Å². The summed E-state index contributed by atoms with van der Waals surface area (Å²) in [6.45, 7) is 77.0. The second-order valence-corrected chi connectivity index (χ2v) is 22.4. The van der Waals surface area contributed by atoms with Gasteiger partial charge in [0, 0.05) is 52.5 Å². The van der Waals surface area contributed by atoms with Crippen molar-refractivity contribution >= 4 is 17.2 Å². The number of rotatable bonds is 25. The van der Waals surface area contributed by atoms with E-state index in [2.05, 4.69) is 154 Å². The first-order chi connectivity index (χ1) is 43.3. The zero-order valence-corrected chi connectivity index (χ0v) is 68.3. The van der Waals surface area contributed by atoms with Gasteiger partial charge in [0.25, 0.3) is 0 Å². The molecule has 0 bridgehead atoms. The zero-order valence-electron chi connectivity index (χ0n) is 68.3. The van der Waals surface area contributed by atoms with Crippen molar-refractivity contribution in [2.24, 2.45) is 35.5 Å². The Labute approximate surface area is 573 Å². The minimum Gasteiger partial charge on any atom is -0.474 e. The quantitative estimate of drug-likeness (QED) is 0.0554. The molecule has 554 valence electrons. The molecule has 1 aromatic rings. The van der Waals surface area contributed by atoms with E-state index in [0.717, 1.165) is 69.2 Å². The maximum atomic E-state index is 14.4. The van der Waals surface area contributed by atoms with E-state index in [0.29, 0.717) is 73.2 Å². The highest BCUT2D eigenvalue weighted by atomic mass is 19.1. The van der Waals surface area contributed by atoms with Gasteiger partial charge in [0.15, 0.2) is 5.88 Å². The molecule has 91 heavy (non-hydrogen) atoms. The molecule has 0 amide bonds. The molecule has 1 heterocycles. The Balaban J connectivity index is -0.0000000812. The summed E-state index contributed by atoms with van der Waals surface area (Å²) in [4.78, 5) is 16.6. The number of benzene rings is 1. The van der Waals surface area contributed by atoms with Crippen LogP contribution in [0.5, 0.6) is 0 Å². The lowest BCUT2D eigenvalue weighted by Gasteiger charge is -2.34. The van der Waals surface area contributed by atoms with Crippen molar-refractivity contribution in [2.75, 3.05) is 85.6 Å². The first kappa shape index (κ1) is 115. The first-order valence-electron chi connectivity index (χ1n) is 36.4. The molecule has 1 aromatic carbocycles. The van der Waals surface area contributed by atoms with Gasteiger partial charge in [-0.2, -0.15) is 0 Å². The number of ketones is 1. The van der Waals surface area contributed by atoms with Crippen LogP contribution >= 0.6 is 0 Å². The van der Waals surface area contributed by atoms with E-state index in [9.17, 15) is 9.18 Å². The number of aliphatic hydroxyl groups is 2. The van der Waals surface area contributed by atoms with Crippen LogP contribution in [0.15, 0.2) is 68.1 Å². The Kier molecular flexibility index (Phi) is 115.